The zero-order valence-corrected chi connectivity index (χ0v) is 9.26. The van der Waals surface area contributed by atoms with E-state index in [9.17, 15) is 4.79 Å². The van der Waals surface area contributed by atoms with Crippen LogP contribution in [0.15, 0.2) is 36.9 Å². The molecule has 15 heavy (non-hydrogen) atoms. The smallest absolute Gasteiger partial charge is 0.243 e. The van der Waals surface area contributed by atoms with E-state index in [4.69, 9.17) is 11.6 Å². The van der Waals surface area contributed by atoms with Crippen LogP contribution in [0.2, 0.25) is 5.02 Å². The summed E-state index contributed by atoms with van der Waals surface area (Å²) in [7, 11) is 0. The lowest BCUT2D eigenvalue weighted by Gasteiger charge is -2.02. The van der Waals surface area contributed by atoms with Crippen molar-refractivity contribution < 1.29 is 4.79 Å². The summed E-state index contributed by atoms with van der Waals surface area (Å²) < 4.78 is 0. The Morgan fingerprint density at radius 3 is 2.67 bits per heavy atom. The SMILES string of the molecule is C=CC(=O)NCCCc1ccc(Cl)cc1. The van der Waals surface area contributed by atoms with Crippen LogP contribution >= 0.6 is 11.6 Å². The number of carbonyl (C=O) groups is 1. The molecule has 3 heteroatoms. The second-order valence-electron chi connectivity index (χ2n) is 3.23. The number of hydrogen-bond acceptors (Lipinski definition) is 1. The summed E-state index contributed by atoms with van der Waals surface area (Å²) in [6, 6.07) is 7.74. The topological polar surface area (TPSA) is 29.1 Å². The summed E-state index contributed by atoms with van der Waals surface area (Å²) in [5, 5.41) is 3.48. The maximum atomic E-state index is 10.8. The highest BCUT2D eigenvalue weighted by Gasteiger charge is 1.95. The van der Waals surface area contributed by atoms with Crippen LogP contribution in [-0.4, -0.2) is 12.5 Å². The molecule has 0 atom stereocenters. The van der Waals surface area contributed by atoms with Gasteiger partial charge in [0.25, 0.3) is 0 Å². The van der Waals surface area contributed by atoms with Crippen molar-refractivity contribution in [3.8, 4) is 0 Å². The number of aryl methyl sites for hydroxylation is 1. The van der Waals surface area contributed by atoms with Gasteiger partial charge in [0.05, 0.1) is 0 Å². The predicted octanol–water partition coefficient (Wildman–Crippen LogP) is 2.57. The summed E-state index contributed by atoms with van der Waals surface area (Å²) in [5.41, 5.74) is 1.23. The minimum Gasteiger partial charge on any atom is -0.353 e. The highest BCUT2D eigenvalue weighted by atomic mass is 35.5. The van der Waals surface area contributed by atoms with Crippen LogP contribution in [-0.2, 0) is 11.2 Å². The first-order valence-corrected chi connectivity index (χ1v) is 5.25. The molecule has 0 aliphatic heterocycles. The van der Waals surface area contributed by atoms with Crippen LogP contribution in [0.1, 0.15) is 12.0 Å². The third-order valence-corrected chi connectivity index (χ3v) is 2.29. The van der Waals surface area contributed by atoms with Gasteiger partial charge in [0.15, 0.2) is 0 Å². The minimum atomic E-state index is -0.119. The molecule has 0 aliphatic carbocycles. The van der Waals surface area contributed by atoms with Gasteiger partial charge in [-0.2, -0.15) is 0 Å². The van der Waals surface area contributed by atoms with Crippen molar-refractivity contribution in [2.45, 2.75) is 12.8 Å². The van der Waals surface area contributed by atoms with Crippen LogP contribution in [0.5, 0.6) is 0 Å². The minimum absolute atomic E-state index is 0.119. The molecule has 1 amide bonds. The summed E-state index contributed by atoms with van der Waals surface area (Å²) in [6.07, 6.45) is 3.14. The lowest BCUT2D eigenvalue weighted by Crippen LogP contribution is -2.22. The highest BCUT2D eigenvalue weighted by molar-refractivity contribution is 6.30. The monoisotopic (exact) mass is 223 g/mol. The van der Waals surface area contributed by atoms with Crippen LogP contribution in [0, 0.1) is 0 Å². The lowest BCUT2D eigenvalue weighted by atomic mass is 10.1. The van der Waals surface area contributed by atoms with E-state index in [1.54, 1.807) is 0 Å². The van der Waals surface area contributed by atoms with E-state index in [2.05, 4.69) is 11.9 Å². The average Bonchev–Trinajstić information content (AvgIpc) is 2.26. The molecule has 1 aromatic carbocycles. The number of carbonyl (C=O) groups excluding carboxylic acids is 1. The average molecular weight is 224 g/mol. The first kappa shape index (κ1) is 11.8. The molecule has 80 valence electrons. The number of amides is 1. The molecular formula is C12H14ClNO. The molecule has 0 aliphatic rings. The largest absolute Gasteiger partial charge is 0.353 e. The van der Waals surface area contributed by atoms with Gasteiger partial charge in [0.1, 0.15) is 0 Å². The quantitative estimate of drug-likeness (QED) is 0.603. The zero-order valence-electron chi connectivity index (χ0n) is 8.50. The fourth-order valence-corrected chi connectivity index (χ4v) is 1.35. The molecule has 0 unspecified atom stereocenters. The molecular weight excluding hydrogens is 210 g/mol. The Hall–Kier alpha value is -1.28. The predicted molar refractivity (Wildman–Crippen MR) is 63.0 cm³/mol. The van der Waals surface area contributed by atoms with Crippen LogP contribution < -0.4 is 5.32 Å². The molecule has 0 saturated carbocycles. The van der Waals surface area contributed by atoms with Gasteiger partial charge in [-0.25, -0.2) is 0 Å². The number of rotatable bonds is 5. The molecule has 0 aromatic heterocycles. The first-order valence-electron chi connectivity index (χ1n) is 4.87. The molecule has 1 aromatic rings. The number of halogens is 1. The van der Waals surface area contributed by atoms with E-state index in [-0.39, 0.29) is 5.91 Å². The summed E-state index contributed by atoms with van der Waals surface area (Å²) in [5.74, 6) is -0.119. The van der Waals surface area contributed by atoms with E-state index in [0.717, 1.165) is 17.9 Å². The van der Waals surface area contributed by atoms with Gasteiger partial charge in [-0.1, -0.05) is 30.3 Å². The number of nitrogens with one attached hydrogen (secondary N) is 1. The second kappa shape index (κ2) is 6.25. The Morgan fingerprint density at radius 1 is 1.40 bits per heavy atom. The van der Waals surface area contributed by atoms with Gasteiger partial charge in [0.2, 0.25) is 5.91 Å². The van der Waals surface area contributed by atoms with Gasteiger partial charge >= 0.3 is 0 Å². The first-order chi connectivity index (χ1) is 7.22. The molecule has 0 saturated heterocycles. The Balaban J connectivity index is 2.23. The van der Waals surface area contributed by atoms with E-state index < -0.39 is 0 Å². The van der Waals surface area contributed by atoms with Crippen LogP contribution in [0.4, 0.5) is 0 Å². The van der Waals surface area contributed by atoms with E-state index in [1.807, 2.05) is 24.3 Å². The molecule has 0 spiro atoms. The second-order valence-corrected chi connectivity index (χ2v) is 3.66. The van der Waals surface area contributed by atoms with Gasteiger partial charge in [-0.3, -0.25) is 4.79 Å². The Labute approximate surface area is 94.9 Å². The van der Waals surface area contributed by atoms with E-state index in [1.165, 1.54) is 11.6 Å². The molecule has 0 fully saturated rings. The van der Waals surface area contributed by atoms with Crippen molar-refractivity contribution in [2.24, 2.45) is 0 Å². The zero-order chi connectivity index (χ0) is 11.1. The summed E-state index contributed by atoms with van der Waals surface area (Å²) >= 11 is 5.77. The summed E-state index contributed by atoms with van der Waals surface area (Å²) in [6.45, 7) is 4.05. The van der Waals surface area contributed by atoms with Crippen LogP contribution in [0.3, 0.4) is 0 Å². The normalized spacial score (nSPS) is 9.67. The molecule has 0 bridgehead atoms. The van der Waals surface area contributed by atoms with Crippen LogP contribution in [0.25, 0.3) is 0 Å². The van der Waals surface area contributed by atoms with Crippen molar-refractivity contribution in [1.82, 2.24) is 5.32 Å². The van der Waals surface area contributed by atoms with E-state index in [0.29, 0.717) is 6.54 Å². The number of hydrogen-bond donors (Lipinski definition) is 1. The van der Waals surface area contributed by atoms with Gasteiger partial charge in [-0.15, -0.1) is 0 Å². The van der Waals surface area contributed by atoms with Crippen molar-refractivity contribution >= 4 is 17.5 Å². The Bertz CT molecular complexity index is 332. The highest BCUT2D eigenvalue weighted by Crippen LogP contribution is 2.10. The molecule has 2 nitrogen and oxygen atoms in total. The maximum absolute atomic E-state index is 10.8. The summed E-state index contributed by atoms with van der Waals surface area (Å²) in [4.78, 5) is 10.8. The molecule has 0 heterocycles. The van der Waals surface area contributed by atoms with Crippen molar-refractivity contribution in [2.75, 3.05) is 6.54 Å². The lowest BCUT2D eigenvalue weighted by molar-refractivity contribution is -0.116. The third kappa shape index (κ3) is 4.66. The maximum Gasteiger partial charge on any atom is 0.243 e. The van der Waals surface area contributed by atoms with E-state index >= 15 is 0 Å². The fraction of sp³-hybridized carbons (Fsp3) is 0.250. The Kier molecular flexibility index (Phi) is 4.91. The number of benzene rings is 1. The van der Waals surface area contributed by atoms with Gasteiger partial charge < -0.3 is 5.32 Å². The molecule has 1 rings (SSSR count). The Morgan fingerprint density at radius 2 is 2.07 bits per heavy atom. The fourth-order valence-electron chi connectivity index (χ4n) is 1.23. The van der Waals surface area contributed by atoms with Gasteiger partial charge in [-0.05, 0) is 36.6 Å². The molecule has 0 radical (unpaired) electrons. The van der Waals surface area contributed by atoms with Gasteiger partial charge in [0, 0.05) is 11.6 Å². The van der Waals surface area contributed by atoms with Crippen molar-refractivity contribution in [1.29, 1.82) is 0 Å². The van der Waals surface area contributed by atoms with Crippen molar-refractivity contribution in [3.63, 3.8) is 0 Å². The standard InChI is InChI=1S/C12H14ClNO/c1-2-12(15)14-9-3-4-10-5-7-11(13)8-6-10/h2,5-8H,1,3-4,9H2,(H,14,15). The van der Waals surface area contributed by atoms with Crippen molar-refractivity contribution in [3.05, 3.63) is 47.5 Å². The third-order valence-electron chi connectivity index (χ3n) is 2.04. The molecule has 1 N–H and O–H groups in total.